The van der Waals surface area contributed by atoms with Crippen molar-refractivity contribution >= 4 is 17.8 Å². The Bertz CT molecular complexity index is 666. The molecule has 0 radical (unpaired) electrons. The zero-order valence-corrected chi connectivity index (χ0v) is 14.6. The number of quaternary nitrogens is 1. The van der Waals surface area contributed by atoms with E-state index < -0.39 is 0 Å². The van der Waals surface area contributed by atoms with Crippen molar-refractivity contribution in [3.05, 3.63) is 64.2 Å². The maximum absolute atomic E-state index is 9.83. The second-order valence-electron chi connectivity index (χ2n) is 5.92. The number of hydrogen-bond acceptors (Lipinski definition) is 2. The molecule has 4 heteroatoms. The summed E-state index contributed by atoms with van der Waals surface area (Å²) < 4.78 is 0. The van der Waals surface area contributed by atoms with Crippen molar-refractivity contribution in [3.8, 4) is 5.75 Å². The fraction of sp³-hybridized carbons (Fsp3) is 0.316. The van der Waals surface area contributed by atoms with Gasteiger partial charge in [-0.05, 0) is 30.2 Å². The van der Waals surface area contributed by atoms with Gasteiger partial charge in [-0.2, -0.15) is 0 Å². The van der Waals surface area contributed by atoms with Crippen molar-refractivity contribution in [3.63, 3.8) is 0 Å². The van der Waals surface area contributed by atoms with Gasteiger partial charge in [0.05, 0.1) is 20.6 Å². The van der Waals surface area contributed by atoms with Gasteiger partial charge >= 0.3 is 0 Å². The van der Waals surface area contributed by atoms with Gasteiger partial charge in [-0.3, -0.25) is 4.99 Å². The van der Waals surface area contributed by atoms with Crippen LogP contribution in [0.2, 0.25) is 5.02 Å². The molecule has 2 aromatic rings. The lowest BCUT2D eigenvalue weighted by Crippen LogP contribution is -3.06. The van der Waals surface area contributed by atoms with Gasteiger partial charge in [0.15, 0.2) is 0 Å². The van der Waals surface area contributed by atoms with E-state index in [1.807, 2.05) is 0 Å². The normalized spacial score (nSPS) is 12.9. The van der Waals surface area contributed by atoms with E-state index in [2.05, 4.69) is 50.3 Å². The first-order valence-electron chi connectivity index (χ1n) is 7.88. The molecule has 2 rings (SSSR count). The number of hydrogen-bond donors (Lipinski definition) is 2. The molecule has 2 N–H and O–H groups in total. The molecule has 0 heterocycles. The van der Waals surface area contributed by atoms with Gasteiger partial charge in [0.2, 0.25) is 0 Å². The summed E-state index contributed by atoms with van der Waals surface area (Å²) in [7, 11) is 4.26. The molecule has 0 spiro atoms. The van der Waals surface area contributed by atoms with E-state index in [1.54, 1.807) is 24.4 Å². The molecule has 0 aliphatic carbocycles. The zero-order valence-electron chi connectivity index (χ0n) is 13.9. The Kier molecular flexibility index (Phi) is 6.20. The third-order valence-electron chi connectivity index (χ3n) is 4.00. The van der Waals surface area contributed by atoms with Crippen LogP contribution in [-0.4, -0.2) is 32.0 Å². The van der Waals surface area contributed by atoms with Crippen molar-refractivity contribution in [2.24, 2.45) is 4.99 Å². The highest BCUT2D eigenvalue weighted by Gasteiger charge is 2.16. The number of phenolic OH excluding ortho intramolecular Hbond substituents is 1. The standard InChI is InChI=1S/C19H23ClN2O/c1-4-14-5-7-15(8-6-14)18(22(2)3)13-21-12-16-11-17(20)9-10-19(16)23/h5-12,18,23H,4,13H2,1-3H3/p+1/t18-/m0/s1. The number of rotatable bonds is 6. The summed E-state index contributed by atoms with van der Waals surface area (Å²) in [6.07, 6.45) is 2.74. The van der Waals surface area contributed by atoms with Gasteiger partial charge in [0, 0.05) is 22.4 Å². The number of nitrogens with one attached hydrogen (secondary N) is 1. The van der Waals surface area contributed by atoms with E-state index in [0.717, 1.165) is 6.42 Å². The lowest BCUT2D eigenvalue weighted by atomic mass is 10.0. The number of nitrogens with zero attached hydrogens (tertiary/aromatic N) is 1. The molecule has 1 atom stereocenters. The Labute approximate surface area is 143 Å². The molecule has 23 heavy (non-hydrogen) atoms. The number of aryl methyl sites for hydroxylation is 1. The molecule has 0 unspecified atom stereocenters. The van der Waals surface area contributed by atoms with E-state index >= 15 is 0 Å². The van der Waals surface area contributed by atoms with Crippen LogP contribution in [0.1, 0.15) is 29.7 Å². The molecule has 0 saturated heterocycles. The van der Waals surface area contributed by atoms with Crippen LogP contribution in [-0.2, 0) is 6.42 Å². The summed E-state index contributed by atoms with van der Waals surface area (Å²) in [5.41, 5.74) is 3.26. The summed E-state index contributed by atoms with van der Waals surface area (Å²) >= 11 is 5.96. The number of halogens is 1. The molecular formula is C19H24ClN2O+. The minimum Gasteiger partial charge on any atom is -0.507 e. The average Bonchev–Trinajstić information content (AvgIpc) is 2.54. The largest absolute Gasteiger partial charge is 0.507 e. The summed E-state index contributed by atoms with van der Waals surface area (Å²) in [4.78, 5) is 5.84. The predicted octanol–water partition coefficient (Wildman–Crippen LogP) is 2.91. The first-order chi connectivity index (χ1) is 11.0. The van der Waals surface area contributed by atoms with Crippen molar-refractivity contribution in [1.29, 1.82) is 0 Å². The molecule has 0 amide bonds. The van der Waals surface area contributed by atoms with Gasteiger partial charge in [-0.1, -0.05) is 42.8 Å². The van der Waals surface area contributed by atoms with Crippen LogP contribution in [0.15, 0.2) is 47.5 Å². The molecule has 2 aromatic carbocycles. The Hall–Kier alpha value is -1.84. The Morgan fingerprint density at radius 3 is 2.48 bits per heavy atom. The third kappa shape index (κ3) is 4.81. The van der Waals surface area contributed by atoms with E-state index in [1.165, 1.54) is 16.0 Å². The first-order valence-corrected chi connectivity index (χ1v) is 8.26. The minimum atomic E-state index is 0.194. The summed E-state index contributed by atoms with van der Waals surface area (Å²) in [5, 5.41) is 10.4. The molecule has 122 valence electrons. The Morgan fingerprint density at radius 2 is 1.87 bits per heavy atom. The van der Waals surface area contributed by atoms with Gasteiger partial charge in [0.1, 0.15) is 11.8 Å². The van der Waals surface area contributed by atoms with E-state index in [-0.39, 0.29) is 11.8 Å². The van der Waals surface area contributed by atoms with Crippen LogP contribution < -0.4 is 4.90 Å². The highest BCUT2D eigenvalue weighted by Crippen LogP contribution is 2.20. The topological polar surface area (TPSA) is 37.0 Å². The van der Waals surface area contributed by atoms with Crippen LogP contribution in [0.3, 0.4) is 0 Å². The van der Waals surface area contributed by atoms with Crippen LogP contribution in [0.5, 0.6) is 5.75 Å². The third-order valence-corrected chi connectivity index (χ3v) is 4.23. The predicted molar refractivity (Wildman–Crippen MR) is 96.9 cm³/mol. The number of phenols is 1. The highest BCUT2D eigenvalue weighted by molar-refractivity contribution is 6.30. The fourth-order valence-electron chi connectivity index (χ4n) is 2.49. The molecule has 0 saturated carbocycles. The second kappa shape index (κ2) is 8.14. The van der Waals surface area contributed by atoms with E-state index in [0.29, 0.717) is 17.1 Å². The number of aliphatic imine (C=N–C) groups is 1. The van der Waals surface area contributed by atoms with Gasteiger partial charge in [-0.15, -0.1) is 0 Å². The summed E-state index contributed by atoms with van der Waals surface area (Å²) in [6.45, 7) is 2.81. The van der Waals surface area contributed by atoms with Gasteiger partial charge in [-0.25, -0.2) is 0 Å². The van der Waals surface area contributed by atoms with Crippen LogP contribution in [0, 0.1) is 0 Å². The van der Waals surface area contributed by atoms with Crippen molar-refractivity contribution in [2.75, 3.05) is 20.6 Å². The number of likely N-dealkylation sites (N-methyl/N-ethyl adjacent to an activating group) is 1. The number of benzene rings is 2. The molecule has 0 aliphatic rings. The SMILES string of the molecule is CCc1ccc([C@H](CN=Cc2cc(Cl)ccc2O)[NH+](C)C)cc1. The molecular weight excluding hydrogens is 308 g/mol. The smallest absolute Gasteiger partial charge is 0.132 e. The van der Waals surface area contributed by atoms with Crippen LogP contribution in [0.25, 0.3) is 0 Å². The molecule has 0 fully saturated rings. The zero-order chi connectivity index (χ0) is 16.8. The van der Waals surface area contributed by atoms with E-state index in [9.17, 15) is 5.11 Å². The monoisotopic (exact) mass is 331 g/mol. The van der Waals surface area contributed by atoms with Gasteiger partial charge in [0.25, 0.3) is 0 Å². The second-order valence-corrected chi connectivity index (χ2v) is 6.36. The summed E-state index contributed by atoms with van der Waals surface area (Å²) in [6, 6.07) is 14.0. The minimum absolute atomic E-state index is 0.194. The molecule has 0 aliphatic heterocycles. The average molecular weight is 332 g/mol. The van der Waals surface area contributed by atoms with Crippen molar-refractivity contribution < 1.29 is 10.0 Å². The van der Waals surface area contributed by atoms with Gasteiger partial charge < -0.3 is 10.0 Å². The molecule has 3 nitrogen and oxygen atoms in total. The quantitative estimate of drug-likeness (QED) is 0.785. The lowest BCUT2D eigenvalue weighted by Gasteiger charge is -2.20. The molecule has 0 aromatic heterocycles. The first kappa shape index (κ1) is 17.5. The molecule has 0 bridgehead atoms. The maximum atomic E-state index is 9.83. The maximum Gasteiger partial charge on any atom is 0.132 e. The summed E-state index contributed by atoms with van der Waals surface area (Å²) in [5.74, 6) is 0.194. The van der Waals surface area contributed by atoms with Crippen LogP contribution >= 0.6 is 11.6 Å². The van der Waals surface area contributed by atoms with Crippen LogP contribution in [0.4, 0.5) is 0 Å². The Morgan fingerprint density at radius 1 is 1.17 bits per heavy atom. The van der Waals surface area contributed by atoms with E-state index in [4.69, 9.17) is 11.6 Å². The van der Waals surface area contributed by atoms with Crippen molar-refractivity contribution in [2.45, 2.75) is 19.4 Å². The number of aromatic hydroxyl groups is 1. The highest BCUT2D eigenvalue weighted by atomic mass is 35.5. The fourth-order valence-corrected chi connectivity index (χ4v) is 2.67. The van der Waals surface area contributed by atoms with Crippen molar-refractivity contribution in [1.82, 2.24) is 0 Å². The Balaban J connectivity index is 2.13. The lowest BCUT2D eigenvalue weighted by molar-refractivity contribution is -0.890.